The first-order valence-corrected chi connectivity index (χ1v) is 6.58. The molecule has 0 amide bonds. The number of ether oxygens (including phenoxy) is 2. The van der Waals surface area contributed by atoms with Crippen LogP contribution in [0.4, 0.5) is 0 Å². The molecule has 1 aliphatic heterocycles. The van der Waals surface area contributed by atoms with Gasteiger partial charge in [0.25, 0.3) is 6.40 Å². The summed E-state index contributed by atoms with van der Waals surface area (Å²) in [5, 5.41) is 0. The molecule has 1 radical (unpaired) electrons. The first kappa shape index (κ1) is 12.4. The molecule has 95 valence electrons. The van der Waals surface area contributed by atoms with Gasteiger partial charge in [-0.3, -0.25) is 0 Å². The Balaban J connectivity index is 1.85. The zero-order valence-electron chi connectivity index (χ0n) is 10.4. The molecule has 2 unspecified atom stereocenters. The third kappa shape index (κ3) is 3.20. The van der Waals surface area contributed by atoms with Crippen molar-refractivity contribution in [1.29, 1.82) is 0 Å². The monoisotopic (exact) mass is 238 g/mol. The highest BCUT2D eigenvalue weighted by Crippen LogP contribution is 2.30. The van der Waals surface area contributed by atoms with Crippen LogP contribution in [0.3, 0.4) is 0 Å². The third-order valence-electron chi connectivity index (χ3n) is 3.57. The van der Waals surface area contributed by atoms with Gasteiger partial charge in [0.05, 0.1) is 6.61 Å². The van der Waals surface area contributed by atoms with Crippen LogP contribution in [-0.2, 0) is 14.3 Å². The number of rotatable bonds is 4. The molecule has 0 aromatic carbocycles. The van der Waals surface area contributed by atoms with Crippen molar-refractivity contribution in [2.45, 2.75) is 57.6 Å². The predicted octanol–water partition coefficient (Wildman–Crippen LogP) is 2.19. The fourth-order valence-corrected chi connectivity index (χ4v) is 2.66. The van der Waals surface area contributed by atoms with E-state index < -0.39 is 6.04 Å². The van der Waals surface area contributed by atoms with E-state index in [2.05, 4.69) is 11.4 Å². The van der Waals surface area contributed by atoms with Crippen molar-refractivity contribution in [3.05, 3.63) is 0 Å². The number of hydrogen-bond acceptors (Lipinski definition) is 4. The Morgan fingerprint density at radius 2 is 2.18 bits per heavy atom. The van der Waals surface area contributed by atoms with Gasteiger partial charge in [-0.15, -0.1) is 0 Å². The van der Waals surface area contributed by atoms with Crippen LogP contribution in [0, 0.1) is 5.92 Å². The van der Waals surface area contributed by atoms with E-state index in [0.29, 0.717) is 12.5 Å². The van der Waals surface area contributed by atoms with Gasteiger partial charge in [0.15, 0.2) is 6.04 Å². The highest BCUT2D eigenvalue weighted by molar-refractivity contribution is 5.79. The molecular formula is C13H20NO3. The lowest BCUT2D eigenvalue weighted by molar-refractivity contribution is -0.146. The number of carbonyl (C=O) groups is 1. The van der Waals surface area contributed by atoms with Crippen LogP contribution in [0.5, 0.6) is 0 Å². The van der Waals surface area contributed by atoms with Crippen molar-refractivity contribution in [2.24, 2.45) is 10.9 Å². The molecule has 2 rings (SSSR count). The van der Waals surface area contributed by atoms with Crippen LogP contribution < -0.4 is 0 Å². The normalized spacial score (nSPS) is 29.0. The molecule has 0 N–H and O–H groups in total. The Kier molecular flexibility index (Phi) is 4.40. The molecule has 0 saturated heterocycles. The highest BCUT2D eigenvalue weighted by atomic mass is 16.5. The number of hydrogen-bond donors (Lipinski definition) is 0. The smallest absolute Gasteiger partial charge is 0.334 e. The maximum Gasteiger partial charge on any atom is 0.334 e. The molecule has 1 saturated carbocycles. The van der Waals surface area contributed by atoms with Gasteiger partial charge in [-0.25, -0.2) is 9.79 Å². The summed E-state index contributed by atoms with van der Waals surface area (Å²) in [6.07, 6.45) is 9.65. The molecule has 4 heteroatoms. The summed E-state index contributed by atoms with van der Waals surface area (Å²) >= 11 is 0. The van der Waals surface area contributed by atoms with E-state index in [9.17, 15) is 4.79 Å². The molecule has 0 spiro atoms. The van der Waals surface area contributed by atoms with Crippen molar-refractivity contribution < 1.29 is 14.3 Å². The quantitative estimate of drug-likeness (QED) is 0.705. The summed E-state index contributed by atoms with van der Waals surface area (Å²) in [5.74, 6) is 0.388. The molecular weight excluding hydrogens is 218 g/mol. The molecule has 1 aliphatic carbocycles. The van der Waals surface area contributed by atoms with Crippen molar-refractivity contribution in [3.63, 3.8) is 0 Å². The first-order chi connectivity index (χ1) is 8.31. The largest absolute Gasteiger partial charge is 0.468 e. The van der Waals surface area contributed by atoms with E-state index in [0.717, 1.165) is 6.42 Å². The second-order valence-electron chi connectivity index (χ2n) is 4.81. The van der Waals surface area contributed by atoms with Gasteiger partial charge in [-0.05, 0) is 19.3 Å². The lowest BCUT2D eigenvalue weighted by Gasteiger charge is -2.25. The van der Waals surface area contributed by atoms with E-state index in [-0.39, 0.29) is 12.1 Å². The van der Waals surface area contributed by atoms with Gasteiger partial charge in [-0.1, -0.05) is 32.1 Å². The minimum atomic E-state index is -0.489. The molecule has 0 bridgehead atoms. The first-order valence-electron chi connectivity index (χ1n) is 6.58. The van der Waals surface area contributed by atoms with Crippen molar-refractivity contribution >= 4 is 12.4 Å². The van der Waals surface area contributed by atoms with Crippen molar-refractivity contribution in [3.8, 4) is 0 Å². The van der Waals surface area contributed by atoms with Crippen LogP contribution in [0.25, 0.3) is 0 Å². The molecule has 2 atom stereocenters. The molecule has 2 aliphatic rings. The second kappa shape index (κ2) is 6.03. The fraction of sp³-hybridized carbons (Fsp3) is 0.846. The minimum Gasteiger partial charge on any atom is -0.468 e. The van der Waals surface area contributed by atoms with Crippen LogP contribution in [-0.4, -0.2) is 31.1 Å². The summed E-state index contributed by atoms with van der Waals surface area (Å²) in [4.78, 5) is 15.6. The maximum atomic E-state index is 11.7. The van der Waals surface area contributed by atoms with E-state index in [1.165, 1.54) is 32.1 Å². The average Bonchev–Trinajstić information content (AvgIpc) is 2.79. The lowest BCUT2D eigenvalue weighted by atomic mass is 9.84. The summed E-state index contributed by atoms with van der Waals surface area (Å²) in [6, 6.07) is -0.489. The maximum absolute atomic E-state index is 11.7. The summed E-state index contributed by atoms with van der Waals surface area (Å²) in [6.45, 7) is 2.19. The summed E-state index contributed by atoms with van der Waals surface area (Å²) in [5.41, 5.74) is 0. The number of carbonyl (C=O) groups excluding carboxylic acids is 1. The fourth-order valence-electron chi connectivity index (χ4n) is 2.66. The van der Waals surface area contributed by atoms with Crippen LogP contribution in [0.15, 0.2) is 4.99 Å². The standard InChI is InChI=1S/C13H20NO3/c1-2-16-13(15)12-11(17-9-14-12)8-10-6-4-3-5-7-10/h10-12H,2-8H2,1H3. The average molecular weight is 238 g/mol. The van der Waals surface area contributed by atoms with Gasteiger partial charge >= 0.3 is 5.97 Å². The van der Waals surface area contributed by atoms with Crippen molar-refractivity contribution in [2.75, 3.05) is 6.61 Å². The van der Waals surface area contributed by atoms with Crippen LogP contribution >= 0.6 is 0 Å². The number of aliphatic imine (C=N–C) groups is 1. The SMILES string of the molecule is CCOC(=O)C1N=[C]OC1CC1CCCCC1. The Morgan fingerprint density at radius 3 is 2.88 bits per heavy atom. The highest BCUT2D eigenvalue weighted by Gasteiger charge is 2.36. The zero-order chi connectivity index (χ0) is 12.1. The van der Waals surface area contributed by atoms with E-state index in [1.807, 2.05) is 0 Å². The molecule has 0 aromatic rings. The third-order valence-corrected chi connectivity index (χ3v) is 3.57. The van der Waals surface area contributed by atoms with E-state index in [1.54, 1.807) is 6.92 Å². The van der Waals surface area contributed by atoms with E-state index in [4.69, 9.17) is 9.47 Å². The zero-order valence-corrected chi connectivity index (χ0v) is 10.4. The van der Waals surface area contributed by atoms with Gasteiger partial charge in [0.2, 0.25) is 0 Å². The van der Waals surface area contributed by atoms with Crippen LogP contribution in [0.2, 0.25) is 0 Å². The van der Waals surface area contributed by atoms with Gasteiger partial charge < -0.3 is 9.47 Å². The van der Waals surface area contributed by atoms with Gasteiger partial charge in [0.1, 0.15) is 6.10 Å². The van der Waals surface area contributed by atoms with Gasteiger partial charge in [-0.2, -0.15) is 0 Å². The Morgan fingerprint density at radius 1 is 1.41 bits per heavy atom. The predicted molar refractivity (Wildman–Crippen MR) is 63.9 cm³/mol. The van der Waals surface area contributed by atoms with Crippen molar-refractivity contribution in [1.82, 2.24) is 0 Å². The molecule has 4 nitrogen and oxygen atoms in total. The number of nitrogens with zero attached hydrogens (tertiary/aromatic N) is 1. The number of esters is 1. The molecule has 1 fully saturated rings. The molecule has 0 aromatic heterocycles. The topological polar surface area (TPSA) is 47.9 Å². The minimum absolute atomic E-state index is 0.155. The molecule has 1 heterocycles. The molecule has 17 heavy (non-hydrogen) atoms. The summed E-state index contributed by atoms with van der Waals surface area (Å²) < 4.78 is 10.3. The Labute approximate surface area is 102 Å². The summed E-state index contributed by atoms with van der Waals surface area (Å²) in [7, 11) is 0. The Bertz CT molecular complexity index is 284. The van der Waals surface area contributed by atoms with Crippen LogP contribution in [0.1, 0.15) is 45.4 Å². The lowest BCUT2D eigenvalue weighted by Crippen LogP contribution is -2.33. The second-order valence-corrected chi connectivity index (χ2v) is 4.81. The van der Waals surface area contributed by atoms with E-state index >= 15 is 0 Å². The van der Waals surface area contributed by atoms with Gasteiger partial charge in [0, 0.05) is 0 Å². The Hall–Kier alpha value is -1.06.